The van der Waals surface area contributed by atoms with Crippen LogP contribution in [0.15, 0.2) is 28.2 Å². The molecule has 0 aromatic carbocycles. The van der Waals surface area contributed by atoms with Gasteiger partial charge in [0.1, 0.15) is 5.76 Å². The molecule has 0 spiro atoms. The standard InChI is InChI=1S/C21H24N4O2S/c1-13-4-6-22-16(8-13)9-23-21(26)19-12-28-20-11-25(7-5-17(19)20)10-18-14(2)24-27-15(18)3/h4,6,8,12H,5,7,9-11H2,1-3H3,(H,23,26). The third-order valence-electron chi connectivity index (χ3n) is 5.24. The Morgan fingerprint density at radius 3 is 2.96 bits per heavy atom. The Kier molecular flexibility index (Phi) is 5.28. The van der Waals surface area contributed by atoms with E-state index in [-0.39, 0.29) is 5.91 Å². The maximum absolute atomic E-state index is 12.7. The van der Waals surface area contributed by atoms with Gasteiger partial charge in [0.25, 0.3) is 5.91 Å². The molecule has 1 N–H and O–H groups in total. The van der Waals surface area contributed by atoms with Gasteiger partial charge in [0.05, 0.1) is 23.5 Å². The molecule has 1 aliphatic heterocycles. The summed E-state index contributed by atoms with van der Waals surface area (Å²) in [4.78, 5) is 20.7. The van der Waals surface area contributed by atoms with E-state index in [1.807, 2.05) is 38.3 Å². The van der Waals surface area contributed by atoms with Crippen LogP contribution in [0.4, 0.5) is 0 Å². The number of aromatic nitrogens is 2. The van der Waals surface area contributed by atoms with E-state index in [4.69, 9.17) is 4.52 Å². The molecule has 0 radical (unpaired) electrons. The van der Waals surface area contributed by atoms with E-state index in [1.165, 1.54) is 16.0 Å². The number of rotatable bonds is 5. The second-order valence-electron chi connectivity index (χ2n) is 7.32. The summed E-state index contributed by atoms with van der Waals surface area (Å²) in [5, 5.41) is 9.05. The third-order valence-corrected chi connectivity index (χ3v) is 6.25. The number of nitrogens with zero attached hydrogens (tertiary/aromatic N) is 3. The molecule has 0 fully saturated rings. The molecular formula is C21H24N4O2S. The Labute approximate surface area is 168 Å². The fourth-order valence-electron chi connectivity index (χ4n) is 3.62. The minimum atomic E-state index is -0.0139. The summed E-state index contributed by atoms with van der Waals surface area (Å²) in [5.41, 5.74) is 6.15. The molecule has 4 heterocycles. The second-order valence-corrected chi connectivity index (χ2v) is 8.29. The molecule has 0 unspecified atom stereocenters. The molecule has 1 aliphatic rings. The Hall–Kier alpha value is -2.51. The molecule has 0 saturated carbocycles. The number of nitrogens with one attached hydrogen (secondary N) is 1. The predicted octanol–water partition coefficient (Wildman–Crippen LogP) is 3.54. The van der Waals surface area contributed by atoms with E-state index in [0.717, 1.165) is 54.3 Å². The van der Waals surface area contributed by atoms with Crippen LogP contribution in [0.3, 0.4) is 0 Å². The van der Waals surface area contributed by atoms with E-state index in [0.29, 0.717) is 6.54 Å². The summed E-state index contributed by atoms with van der Waals surface area (Å²) in [6.07, 6.45) is 2.66. The molecule has 0 atom stereocenters. The number of carbonyl (C=O) groups excluding carboxylic acids is 1. The van der Waals surface area contributed by atoms with Crippen LogP contribution < -0.4 is 5.32 Å². The molecule has 3 aromatic heterocycles. The van der Waals surface area contributed by atoms with Crippen molar-refractivity contribution < 1.29 is 9.32 Å². The molecule has 0 bridgehead atoms. The summed E-state index contributed by atoms with van der Waals surface area (Å²) in [7, 11) is 0. The SMILES string of the molecule is Cc1ccnc(CNC(=O)c2csc3c2CCN(Cc2c(C)noc2C)C3)c1. The van der Waals surface area contributed by atoms with Gasteiger partial charge < -0.3 is 9.84 Å². The Morgan fingerprint density at radius 2 is 2.21 bits per heavy atom. The lowest BCUT2D eigenvalue weighted by Gasteiger charge is -2.27. The van der Waals surface area contributed by atoms with Crippen molar-refractivity contribution in [3.63, 3.8) is 0 Å². The average Bonchev–Trinajstić information content (AvgIpc) is 3.24. The van der Waals surface area contributed by atoms with Gasteiger partial charge in [-0.25, -0.2) is 0 Å². The van der Waals surface area contributed by atoms with Gasteiger partial charge >= 0.3 is 0 Å². The number of hydrogen-bond donors (Lipinski definition) is 1. The summed E-state index contributed by atoms with van der Waals surface area (Å²) in [5.74, 6) is 0.874. The second kappa shape index (κ2) is 7.85. The van der Waals surface area contributed by atoms with Crippen LogP contribution in [-0.2, 0) is 26.1 Å². The lowest BCUT2D eigenvalue weighted by Crippen LogP contribution is -2.31. The maximum atomic E-state index is 12.7. The fourth-order valence-corrected chi connectivity index (χ4v) is 4.74. The lowest BCUT2D eigenvalue weighted by atomic mass is 10.0. The fraction of sp³-hybridized carbons (Fsp3) is 0.381. The van der Waals surface area contributed by atoms with E-state index in [2.05, 4.69) is 20.4 Å². The molecule has 146 valence electrons. The highest BCUT2D eigenvalue weighted by Crippen LogP contribution is 2.30. The van der Waals surface area contributed by atoms with Crippen molar-refractivity contribution in [2.45, 2.75) is 46.8 Å². The maximum Gasteiger partial charge on any atom is 0.252 e. The van der Waals surface area contributed by atoms with Crippen LogP contribution in [0.1, 0.15) is 49.1 Å². The van der Waals surface area contributed by atoms with Crippen LogP contribution in [0.25, 0.3) is 0 Å². The van der Waals surface area contributed by atoms with Gasteiger partial charge in [0, 0.05) is 41.7 Å². The first-order chi connectivity index (χ1) is 13.5. The number of fused-ring (bicyclic) bond motifs is 1. The highest BCUT2D eigenvalue weighted by atomic mass is 32.1. The molecule has 28 heavy (non-hydrogen) atoms. The number of aryl methyl sites for hydroxylation is 3. The van der Waals surface area contributed by atoms with Crippen molar-refractivity contribution in [3.05, 3.63) is 68.0 Å². The summed E-state index contributed by atoms with van der Waals surface area (Å²) in [6.45, 7) is 9.03. The topological polar surface area (TPSA) is 71.3 Å². The van der Waals surface area contributed by atoms with E-state index in [1.54, 1.807) is 17.5 Å². The van der Waals surface area contributed by atoms with Crippen molar-refractivity contribution in [2.75, 3.05) is 6.54 Å². The highest BCUT2D eigenvalue weighted by Gasteiger charge is 2.25. The normalized spacial score (nSPS) is 14.1. The number of pyridine rings is 1. The molecule has 7 heteroatoms. The minimum absolute atomic E-state index is 0.0139. The molecule has 4 rings (SSSR count). The quantitative estimate of drug-likeness (QED) is 0.714. The number of hydrogen-bond acceptors (Lipinski definition) is 6. The van der Waals surface area contributed by atoms with E-state index >= 15 is 0 Å². The third kappa shape index (κ3) is 3.86. The smallest absolute Gasteiger partial charge is 0.252 e. The van der Waals surface area contributed by atoms with Crippen LogP contribution in [0.2, 0.25) is 0 Å². The molecule has 6 nitrogen and oxygen atoms in total. The average molecular weight is 397 g/mol. The lowest BCUT2D eigenvalue weighted by molar-refractivity contribution is 0.0949. The van der Waals surface area contributed by atoms with Gasteiger partial charge in [0.2, 0.25) is 0 Å². The molecule has 1 amide bonds. The zero-order valence-corrected chi connectivity index (χ0v) is 17.2. The zero-order valence-electron chi connectivity index (χ0n) is 16.4. The highest BCUT2D eigenvalue weighted by molar-refractivity contribution is 7.10. The van der Waals surface area contributed by atoms with Crippen molar-refractivity contribution >= 4 is 17.2 Å². The van der Waals surface area contributed by atoms with Gasteiger partial charge in [-0.05, 0) is 50.5 Å². The number of amides is 1. The van der Waals surface area contributed by atoms with Gasteiger partial charge in [-0.3, -0.25) is 14.7 Å². The summed E-state index contributed by atoms with van der Waals surface area (Å²) in [6, 6.07) is 3.95. The first-order valence-electron chi connectivity index (χ1n) is 9.44. The first-order valence-corrected chi connectivity index (χ1v) is 10.3. The van der Waals surface area contributed by atoms with Crippen LogP contribution in [-0.4, -0.2) is 27.5 Å². The monoisotopic (exact) mass is 396 g/mol. The zero-order chi connectivity index (χ0) is 19.7. The minimum Gasteiger partial charge on any atom is -0.361 e. The largest absolute Gasteiger partial charge is 0.361 e. The van der Waals surface area contributed by atoms with Crippen molar-refractivity contribution in [1.29, 1.82) is 0 Å². The Morgan fingerprint density at radius 1 is 1.36 bits per heavy atom. The first kappa shape index (κ1) is 18.8. The number of thiophene rings is 1. The van der Waals surface area contributed by atoms with E-state index < -0.39 is 0 Å². The van der Waals surface area contributed by atoms with Crippen LogP contribution in [0, 0.1) is 20.8 Å². The van der Waals surface area contributed by atoms with Crippen LogP contribution in [0.5, 0.6) is 0 Å². The number of carbonyl (C=O) groups is 1. The molecule has 0 saturated heterocycles. The van der Waals surface area contributed by atoms with Crippen molar-refractivity contribution in [2.24, 2.45) is 0 Å². The van der Waals surface area contributed by atoms with Crippen LogP contribution >= 0.6 is 11.3 Å². The Bertz CT molecular complexity index is 988. The summed E-state index contributed by atoms with van der Waals surface area (Å²) < 4.78 is 5.28. The van der Waals surface area contributed by atoms with Gasteiger partial charge in [-0.2, -0.15) is 0 Å². The Balaban J connectivity index is 1.41. The molecule has 3 aromatic rings. The van der Waals surface area contributed by atoms with Gasteiger partial charge in [0.15, 0.2) is 0 Å². The molecular weight excluding hydrogens is 372 g/mol. The molecule has 0 aliphatic carbocycles. The van der Waals surface area contributed by atoms with Crippen molar-refractivity contribution in [1.82, 2.24) is 20.4 Å². The van der Waals surface area contributed by atoms with Crippen molar-refractivity contribution in [3.8, 4) is 0 Å². The van der Waals surface area contributed by atoms with Gasteiger partial charge in [-0.1, -0.05) is 5.16 Å². The van der Waals surface area contributed by atoms with Gasteiger partial charge in [-0.15, -0.1) is 11.3 Å². The summed E-state index contributed by atoms with van der Waals surface area (Å²) >= 11 is 1.67. The van der Waals surface area contributed by atoms with E-state index in [9.17, 15) is 4.79 Å². The predicted molar refractivity (Wildman–Crippen MR) is 108 cm³/mol.